The van der Waals surface area contributed by atoms with Gasteiger partial charge < -0.3 is 19.8 Å². The van der Waals surface area contributed by atoms with E-state index in [4.69, 9.17) is 0 Å². The molecule has 0 aliphatic heterocycles. The Morgan fingerprint density at radius 1 is 0.714 bits per heavy atom. The van der Waals surface area contributed by atoms with E-state index in [9.17, 15) is 19.8 Å². The second-order valence-corrected chi connectivity index (χ2v) is 2.66. The normalized spacial score (nSPS) is 8.29. The molecule has 0 radical (unpaired) electrons. The number of rotatable bonds is 7. The van der Waals surface area contributed by atoms with E-state index in [0.717, 1.165) is 12.8 Å². The molecule has 0 fully saturated rings. The summed E-state index contributed by atoms with van der Waals surface area (Å²) in [6.07, 6.45) is 2.73. The summed E-state index contributed by atoms with van der Waals surface area (Å²) in [7, 11) is 0. The topological polar surface area (TPSA) is 80.3 Å². The fourth-order valence-electron chi connectivity index (χ4n) is 0.892. The molecule has 0 aliphatic rings. The predicted octanol–water partition coefficient (Wildman–Crippen LogP) is -1.18. The van der Waals surface area contributed by atoms with E-state index in [2.05, 4.69) is 0 Å². The Balaban J connectivity index is -0.000000605. The molecule has 0 heterocycles. The van der Waals surface area contributed by atoms with Crippen LogP contribution in [0.5, 0.6) is 0 Å². The van der Waals surface area contributed by atoms with Crippen molar-refractivity contribution in [2.24, 2.45) is 0 Å². The maximum atomic E-state index is 9.92. The van der Waals surface area contributed by atoms with Crippen LogP contribution in [0.15, 0.2) is 0 Å². The quantitative estimate of drug-likeness (QED) is 0.407. The molecular formula is C8H12Ag2O4. The molecule has 0 saturated carbocycles. The van der Waals surface area contributed by atoms with Crippen molar-refractivity contribution in [1.29, 1.82) is 0 Å². The average molecular weight is 388 g/mol. The zero-order chi connectivity index (χ0) is 9.40. The third-order valence-corrected chi connectivity index (χ3v) is 1.51. The summed E-state index contributed by atoms with van der Waals surface area (Å²) < 4.78 is 0. The van der Waals surface area contributed by atoms with Crippen LogP contribution in [0.1, 0.15) is 38.5 Å². The Hall–Kier alpha value is 0.421. The van der Waals surface area contributed by atoms with Gasteiger partial charge in [0.25, 0.3) is 0 Å². The smallest absolute Gasteiger partial charge is 0.550 e. The Morgan fingerprint density at radius 3 is 1.21 bits per heavy atom. The molecule has 0 bridgehead atoms. The summed E-state index contributed by atoms with van der Waals surface area (Å²) in [5.41, 5.74) is 0. The Kier molecular flexibility index (Phi) is 19.1. The number of carbonyl (C=O) groups excluding carboxylic acids is 2. The third-order valence-electron chi connectivity index (χ3n) is 1.51. The minimum absolute atomic E-state index is 0. The number of carboxylic acids is 2. The van der Waals surface area contributed by atoms with Crippen LogP contribution < -0.4 is 10.2 Å². The van der Waals surface area contributed by atoms with Crippen LogP contribution >= 0.6 is 0 Å². The van der Waals surface area contributed by atoms with Crippen molar-refractivity contribution in [2.45, 2.75) is 38.5 Å². The van der Waals surface area contributed by atoms with Gasteiger partial charge in [0.05, 0.1) is 0 Å². The van der Waals surface area contributed by atoms with Crippen LogP contribution in [0, 0.1) is 0 Å². The van der Waals surface area contributed by atoms with Gasteiger partial charge in [-0.1, -0.05) is 12.8 Å². The zero-order valence-corrected chi connectivity index (χ0v) is 10.4. The van der Waals surface area contributed by atoms with E-state index in [1.807, 2.05) is 0 Å². The summed E-state index contributed by atoms with van der Waals surface area (Å²) in [6.45, 7) is 0. The van der Waals surface area contributed by atoms with E-state index < -0.39 is 11.9 Å². The van der Waals surface area contributed by atoms with Gasteiger partial charge in [-0.25, -0.2) is 0 Å². The minimum atomic E-state index is -1.05. The molecule has 0 aliphatic carbocycles. The molecule has 0 unspecified atom stereocenters. The van der Waals surface area contributed by atoms with E-state index in [0.29, 0.717) is 12.8 Å². The molecule has 0 aromatic heterocycles. The fraction of sp³-hybridized carbons (Fsp3) is 0.750. The number of carbonyl (C=O) groups is 2. The average Bonchev–Trinajstić information content (AvgIpc) is 1.95. The van der Waals surface area contributed by atoms with E-state index in [1.54, 1.807) is 0 Å². The molecule has 14 heavy (non-hydrogen) atoms. The molecule has 90 valence electrons. The fourth-order valence-corrected chi connectivity index (χ4v) is 0.892. The van der Waals surface area contributed by atoms with Crippen molar-refractivity contribution in [2.75, 3.05) is 0 Å². The number of hydrogen-bond donors (Lipinski definition) is 0. The van der Waals surface area contributed by atoms with Crippen LogP contribution in [0.3, 0.4) is 0 Å². The van der Waals surface area contributed by atoms with Crippen molar-refractivity contribution in [1.82, 2.24) is 0 Å². The van der Waals surface area contributed by atoms with Crippen LogP contribution in [-0.2, 0) is 54.3 Å². The van der Waals surface area contributed by atoms with Crippen molar-refractivity contribution >= 4 is 11.9 Å². The van der Waals surface area contributed by atoms with E-state index in [1.165, 1.54) is 0 Å². The summed E-state index contributed by atoms with van der Waals surface area (Å²) in [5.74, 6) is -2.09. The van der Waals surface area contributed by atoms with Crippen molar-refractivity contribution in [3.63, 3.8) is 0 Å². The first kappa shape index (κ1) is 19.9. The molecule has 0 aromatic rings. The van der Waals surface area contributed by atoms with Gasteiger partial charge in [0.2, 0.25) is 0 Å². The molecule has 0 rings (SSSR count). The van der Waals surface area contributed by atoms with Gasteiger partial charge in [-0.05, 0) is 25.7 Å². The van der Waals surface area contributed by atoms with Crippen molar-refractivity contribution in [3.05, 3.63) is 0 Å². The first-order chi connectivity index (χ1) is 5.63. The van der Waals surface area contributed by atoms with Gasteiger partial charge in [0, 0.05) is 11.9 Å². The molecule has 0 saturated heterocycles. The van der Waals surface area contributed by atoms with Crippen molar-refractivity contribution in [3.8, 4) is 0 Å². The van der Waals surface area contributed by atoms with Crippen LogP contribution in [0.25, 0.3) is 0 Å². The number of aliphatic carboxylic acids is 2. The third kappa shape index (κ3) is 18.3. The maximum absolute atomic E-state index is 9.92. The van der Waals surface area contributed by atoms with E-state index >= 15 is 0 Å². The Morgan fingerprint density at radius 2 is 1.00 bits per heavy atom. The molecular weight excluding hydrogens is 376 g/mol. The molecule has 4 nitrogen and oxygen atoms in total. The van der Waals surface area contributed by atoms with Gasteiger partial charge in [0.1, 0.15) is 0 Å². The maximum Gasteiger partial charge on any atom is 1.00 e. The van der Waals surface area contributed by atoms with Crippen LogP contribution in [-0.4, -0.2) is 11.9 Å². The molecule has 0 spiro atoms. The first-order valence-electron chi connectivity index (χ1n) is 4.02. The second-order valence-electron chi connectivity index (χ2n) is 2.66. The SMILES string of the molecule is O=C([O-])CCCCCCC(=O)[O-].[Ag+].[Ag+]. The largest absolute Gasteiger partial charge is 1.00 e. The van der Waals surface area contributed by atoms with E-state index in [-0.39, 0.29) is 57.6 Å². The van der Waals surface area contributed by atoms with Gasteiger partial charge >= 0.3 is 44.8 Å². The summed E-state index contributed by atoms with van der Waals surface area (Å²) >= 11 is 0. The predicted molar refractivity (Wildman–Crippen MR) is 37.7 cm³/mol. The standard InChI is InChI=1S/C8H14O4.2Ag/c9-7(10)5-3-1-2-4-6-8(11)12;;/h1-6H2,(H,9,10)(H,11,12);;/q;2*+1/p-2. The summed E-state index contributed by atoms with van der Waals surface area (Å²) in [6, 6.07) is 0. The van der Waals surface area contributed by atoms with Gasteiger partial charge in [0.15, 0.2) is 0 Å². The van der Waals surface area contributed by atoms with Crippen molar-refractivity contribution < 1.29 is 64.6 Å². The van der Waals surface area contributed by atoms with Crippen LogP contribution in [0.4, 0.5) is 0 Å². The van der Waals surface area contributed by atoms with Gasteiger partial charge in [-0.3, -0.25) is 0 Å². The van der Waals surface area contributed by atoms with Gasteiger partial charge in [-0.2, -0.15) is 0 Å². The van der Waals surface area contributed by atoms with Crippen LogP contribution in [0.2, 0.25) is 0 Å². The number of carboxylic acid groups (broad SMARTS) is 2. The van der Waals surface area contributed by atoms with Gasteiger partial charge in [-0.15, -0.1) is 0 Å². The molecule has 0 aromatic carbocycles. The monoisotopic (exact) mass is 386 g/mol. The summed E-state index contributed by atoms with van der Waals surface area (Å²) in [5, 5.41) is 19.8. The molecule has 0 amide bonds. The Bertz CT molecular complexity index is 143. The summed E-state index contributed by atoms with van der Waals surface area (Å²) in [4.78, 5) is 19.8. The minimum Gasteiger partial charge on any atom is -0.550 e. The second kappa shape index (κ2) is 13.4. The zero-order valence-electron chi connectivity index (χ0n) is 7.48. The number of unbranched alkanes of at least 4 members (excludes halogenated alkanes) is 3. The molecule has 6 heteroatoms. The Labute approximate surface area is 114 Å². The molecule has 0 N–H and O–H groups in total. The molecule has 0 atom stereocenters. The first-order valence-corrected chi connectivity index (χ1v) is 4.02. The number of hydrogen-bond acceptors (Lipinski definition) is 4.